The van der Waals surface area contributed by atoms with Crippen LogP contribution in [0.1, 0.15) is 12.8 Å². The average molecular weight is 232 g/mol. The molecule has 0 saturated heterocycles. The van der Waals surface area contributed by atoms with Crippen molar-refractivity contribution in [3.8, 4) is 0 Å². The molecule has 1 atom stereocenters. The van der Waals surface area contributed by atoms with Gasteiger partial charge in [0.05, 0.1) is 10.8 Å². The first-order valence-corrected chi connectivity index (χ1v) is 6.23. The van der Waals surface area contributed by atoms with E-state index in [9.17, 15) is 4.21 Å². The smallest absolute Gasteiger partial charge is 0.221 e. The molecule has 1 N–H and O–H groups in total. The van der Waals surface area contributed by atoms with E-state index in [1.54, 1.807) is 6.07 Å². The summed E-state index contributed by atoms with van der Waals surface area (Å²) in [4.78, 5) is 7.98. The summed E-state index contributed by atoms with van der Waals surface area (Å²) in [5.74, 6) is 0.665. The first-order chi connectivity index (χ1) is 6.65. The fourth-order valence-corrected chi connectivity index (χ4v) is 1.72. The van der Waals surface area contributed by atoms with Gasteiger partial charge in [0.2, 0.25) is 5.16 Å². The molecule has 1 saturated carbocycles. The van der Waals surface area contributed by atoms with Gasteiger partial charge in [-0.25, -0.2) is 9.97 Å². The molecule has 0 radical (unpaired) electrons. The fourth-order valence-electron chi connectivity index (χ4n) is 1.04. The number of rotatable bonds is 3. The summed E-state index contributed by atoms with van der Waals surface area (Å²) < 4.78 is 11.2. The van der Waals surface area contributed by atoms with Crippen LogP contribution in [0.15, 0.2) is 11.2 Å². The van der Waals surface area contributed by atoms with Crippen molar-refractivity contribution in [2.75, 3.05) is 11.6 Å². The Bertz CT molecular complexity index is 381. The van der Waals surface area contributed by atoms with Crippen molar-refractivity contribution in [2.24, 2.45) is 0 Å². The van der Waals surface area contributed by atoms with Crippen LogP contribution in [0.4, 0.5) is 5.82 Å². The lowest BCUT2D eigenvalue weighted by atomic mass is 10.5. The van der Waals surface area contributed by atoms with Crippen molar-refractivity contribution in [2.45, 2.75) is 24.0 Å². The molecule has 1 aliphatic rings. The van der Waals surface area contributed by atoms with E-state index >= 15 is 0 Å². The van der Waals surface area contributed by atoms with Gasteiger partial charge < -0.3 is 5.32 Å². The van der Waals surface area contributed by atoms with Crippen LogP contribution in [0, 0.1) is 0 Å². The van der Waals surface area contributed by atoms with E-state index in [-0.39, 0.29) is 5.16 Å². The zero-order chi connectivity index (χ0) is 10.1. The molecule has 2 rings (SSSR count). The van der Waals surface area contributed by atoms with Crippen LogP contribution in [-0.2, 0) is 10.8 Å². The number of hydrogen-bond donors (Lipinski definition) is 1. The third-order valence-electron chi connectivity index (χ3n) is 1.86. The highest BCUT2D eigenvalue weighted by Crippen LogP contribution is 2.24. The van der Waals surface area contributed by atoms with Crippen molar-refractivity contribution < 1.29 is 4.21 Å². The third kappa shape index (κ3) is 2.42. The minimum absolute atomic E-state index is 0.278. The highest BCUT2D eigenvalue weighted by Gasteiger charge is 2.21. The summed E-state index contributed by atoms with van der Waals surface area (Å²) in [5.41, 5.74) is 0. The van der Waals surface area contributed by atoms with Crippen LogP contribution in [0.25, 0.3) is 0 Å². The number of halogens is 1. The van der Waals surface area contributed by atoms with E-state index in [2.05, 4.69) is 15.3 Å². The quantitative estimate of drug-likeness (QED) is 0.632. The van der Waals surface area contributed by atoms with Gasteiger partial charge in [0.1, 0.15) is 11.0 Å². The zero-order valence-electron chi connectivity index (χ0n) is 7.66. The minimum atomic E-state index is -1.19. The van der Waals surface area contributed by atoms with Crippen molar-refractivity contribution in [1.29, 1.82) is 0 Å². The average Bonchev–Trinajstić information content (AvgIpc) is 2.87. The van der Waals surface area contributed by atoms with Gasteiger partial charge in [-0.1, -0.05) is 11.6 Å². The molecule has 0 aliphatic heterocycles. The molecule has 1 fully saturated rings. The maximum atomic E-state index is 11.2. The second-order valence-corrected chi connectivity index (χ2v) is 4.89. The van der Waals surface area contributed by atoms with Gasteiger partial charge in [0.15, 0.2) is 0 Å². The molecule has 0 amide bonds. The van der Waals surface area contributed by atoms with E-state index < -0.39 is 10.8 Å². The molecule has 0 aromatic carbocycles. The molecular formula is C8H10ClN3OS. The molecule has 0 bridgehead atoms. The first kappa shape index (κ1) is 9.86. The molecule has 14 heavy (non-hydrogen) atoms. The molecular weight excluding hydrogens is 222 g/mol. The lowest BCUT2D eigenvalue weighted by Gasteiger charge is -2.04. The molecule has 1 aliphatic carbocycles. The molecule has 1 unspecified atom stereocenters. The van der Waals surface area contributed by atoms with Gasteiger partial charge in [-0.2, -0.15) is 0 Å². The second kappa shape index (κ2) is 3.82. The van der Waals surface area contributed by atoms with Gasteiger partial charge >= 0.3 is 0 Å². The maximum Gasteiger partial charge on any atom is 0.221 e. The summed E-state index contributed by atoms with van der Waals surface area (Å²) >= 11 is 5.77. The molecule has 1 aromatic rings. The fraction of sp³-hybridized carbons (Fsp3) is 0.500. The Kier molecular flexibility index (Phi) is 2.69. The molecule has 1 heterocycles. The van der Waals surface area contributed by atoms with Gasteiger partial charge in [-0.05, 0) is 12.8 Å². The van der Waals surface area contributed by atoms with Crippen molar-refractivity contribution in [3.05, 3.63) is 11.2 Å². The van der Waals surface area contributed by atoms with Crippen LogP contribution in [0.3, 0.4) is 0 Å². The van der Waals surface area contributed by atoms with E-state index in [4.69, 9.17) is 11.6 Å². The topological polar surface area (TPSA) is 54.9 Å². The Morgan fingerprint density at radius 1 is 1.57 bits per heavy atom. The van der Waals surface area contributed by atoms with E-state index in [0.29, 0.717) is 17.0 Å². The monoisotopic (exact) mass is 231 g/mol. The molecule has 4 nitrogen and oxygen atoms in total. The Balaban J connectivity index is 2.25. The van der Waals surface area contributed by atoms with Crippen molar-refractivity contribution in [3.63, 3.8) is 0 Å². The molecule has 6 heteroatoms. The van der Waals surface area contributed by atoms with Crippen LogP contribution in [-0.4, -0.2) is 26.5 Å². The Labute approximate surface area is 89.6 Å². The second-order valence-electron chi connectivity index (χ2n) is 3.23. The Morgan fingerprint density at radius 3 is 2.86 bits per heavy atom. The van der Waals surface area contributed by atoms with Gasteiger partial charge in [-0.3, -0.25) is 4.21 Å². The summed E-state index contributed by atoms with van der Waals surface area (Å²) in [7, 11) is -1.19. The van der Waals surface area contributed by atoms with E-state index in [1.807, 2.05) is 0 Å². The van der Waals surface area contributed by atoms with Crippen LogP contribution >= 0.6 is 11.6 Å². The maximum absolute atomic E-state index is 11.2. The third-order valence-corrected chi connectivity index (χ3v) is 2.75. The Hall–Kier alpha value is -0.680. The number of nitrogens with one attached hydrogen (secondary N) is 1. The van der Waals surface area contributed by atoms with Crippen LogP contribution in [0.2, 0.25) is 5.15 Å². The van der Waals surface area contributed by atoms with Crippen LogP contribution in [0.5, 0.6) is 0 Å². The number of nitrogens with zero attached hydrogens (tertiary/aromatic N) is 2. The highest BCUT2D eigenvalue weighted by molar-refractivity contribution is 7.84. The van der Waals surface area contributed by atoms with E-state index in [0.717, 1.165) is 12.8 Å². The van der Waals surface area contributed by atoms with Gasteiger partial charge in [0.25, 0.3) is 0 Å². The SMILES string of the molecule is CS(=O)c1nc(Cl)cc(NC2CC2)n1. The molecule has 1 aromatic heterocycles. The van der Waals surface area contributed by atoms with Crippen molar-refractivity contribution in [1.82, 2.24) is 9.97 Å². The standard InChI is InChI=1S/C8H10ClN3OS/c1-14(13)8-11-6(9)4-7(12-8)10-5-2-3-5/h4-5H,2-3H2,1H3,(H,10,11,12). The largest absolute Gasteiger partial charge is 0.367 e. The normalized spacial score (nSPS) is 17.9. The van der Waals surface area contributed by atoms with Crippen LogP contribution < -0.4 is 5.32 Å². The predicted molar refractivity (Wildman–Crippen MR) is 56.0 cm³/mol. The Morgan fingerprint density at radius 2 is 2.29 bits per heavy atom. The van der Waals surface area contributed by atoms with E-state index in [1.165, 1.54) is 6.26 Å². The number of aromatic nitrogens is 2. The zero-order valence-corrected chi connectivity index (χ0v) is 9.23. The van der Waals surface area contributed by atoms with Crippen molar-refractivity contribution >= 4 is 28.2 Å². The van der Waals surface area contributed by atoms with Gasteiger partial charge in [0, 0.05) is 18.4 Å². The summed E-state index contributed by atoms with van der Waals surface area (Å²) in [6.45, 7) is 0. The summed E-state index contributed by atoms with van der Waals surface area (Å²) in [5, 5.41) is 3.79. The highest BCUT2D eigenvalue weighted by atomic mass is 35.5. The van der Waals surface area contributed by atoms with Gasteiger partial charge in [-0.15, -0.1) is 0 Å². The predicted octanol–water partition coefficient (Wildman–Crippen LogP) is 1.44. The number of anilines is 1. The summed E-state index contributed by atoms with van der Waals surface area (Å²) in [6.07, 6.45) is 3.85. The lowest BCUT2D eigenvalue weighted by Crippen LogP contribution is -2.06. The molecule has 76 valence electrons. The minimum Gasteiger partial charge on any atom is -0.367 e. The first-order valence-electron chi connectivity index (χ1n) is 4.29. The molecule has 0 spiro atoms. The lowest BCUT2D eigenvalue weighted by molar-refractivity contribution is 0.679. The summed E-state index contributed by atoms with van der Waals surface area (Å²) in [6, 6.07) is 2.15. The number of hydrogen-bond acceptors (Lipinski definition) is 4.